The third kappa shape index (κ3) is 1.43. The first-order valence-electron chi connectivity index (χ1n) is 6.87. The van der Waals surface area contributed by atoms with E-state index in [1.165, 1.54) is 0 Å². The van der Waals surface area contributed by atoms with Gasteiger partial charge in [0.05, 0.1) is 5.16 Å². The maximum Gasteiger partial charge on any atom is 0.307 e. The molecule has 4 rings (SSSR count). The van der Waals surface area contributed by atoms with E-state index in [4.69, 9.17) is 0 Å². The zero-order valence-electron chi connectivity index (χ0n) is 12.2. The Kier molecular flexibility index (Phi) is 2.41. The van der Waals surface area contributed by atoms with E-state index >= 15 is 0 Å². The van der Waals surface area contributed by atoms with Gasteiger partial charge in [-0.05, 0) is 30.1 Å². The third-order valence-electron chi connectivity index (χ3n) is 4.90. The molecule has 0 saturated heterocycles. The smallest absolute Gasteiger partial charge is 0.307 e. The van der Waals surface area contributed by atoms with Crippen LogP contribution in [0.3, 0.4) is 0 Å². The van der Waals surface area contributed by atoms with Crippen molar-refractivity contribution in [2.24, 2.45) is 0 Å². The summed E-state index contributed by atoms with van der Waals surface area (Å²) in [6.45, 7) is 3.64. The highest BCUT2D eigenvalue weighted by Gasteiger charge is 2.68. The van der Waals surface area contributed by atoms with E-state index in [-0.39, 0.29) is 45.4 Å². The standard InChI is InChI=1S/C12H11N5O6/c1-5-3-7-9-8(13-22-15(9)18)10-11(14-23-16(10)19)12(7,17(20)21)4-6(5)2/h7H,3-4H2,1-2H3/t7-,12+/m1/s1. The molecule has 0 fully saturated rings. The van der Waals surface area contributed by atoms with Crippen LogP contribution >= 0.6 is 0 Å². The Morgan fingerprint density at radius 3 is 2.61 bits per heavy atom. The summed E-state index contributed by atoms with van der Waals surface area (Å²) in [6, 6.07) is 0. The molecule has 2 heterocycles. The van der Waals surface area contributed by atoms with Crippen LogP contribution < -0.4 is 9.81 Å². The Bertz CT molecular complexity index is 883. The second-order valence-corrected chi connectivity index (χ2v) is 5.97. The summed E-state index contributed by atoms with van der Waals surface area (Å²) in [7, 11) is 0. The first kappa shape index (κ1) is 13.7. The highest BCUT2D eigenvalue weighted by atomic mass is 16.8. The number of nitro groups is 1. The van der Waals surface area contributed by atoms with Crippen LogP contribution in [-0.2, 0) is 5.54 Å². The Labute approximate surface area is 128 Å². The minimum atomic E-state index is -1.75. The summed E-state index contributed by atoms with van der Waals surface area (Å²) in [5, 5.41) is 43.1. The van der Waals surface area contributed by atoms with Gasteiger partial charge in [0.15, 0.2) is 0 Å². The average Bonchev–Trinajstić information content (AvgIpc) is 3.05. The Hall–Kier alpha value is -2.98. The van der Waals surface area contributed by atoms with Gasteiger partial charge in [0.25, 0.3) is 11.4 Å². The van der Waals surface area contributed by atoms with E-state index in [1.54, 1.807) is 6.92 Å². The van der Waals surface area contributed by atoms with Gasteiger partial charge in [0.2, 0.25) is 5.69 Å². The number of hydrogen-bond donors (Lipinski definition) is 0. The van der Waals surface area contributed by atoms with Gasteiger partial charge < -0.3 is 10.4 Å². The molecule has 0 aliphatic heterocycles. The fraction of sp³-hybridized carbons (Fsp3) is 0.500. The summed E-state index contributed by atoms with van der Waals surface area (Å²) in [5.41, 5.74) is -0.421. The van der Waals surface area contributed by atoms with Gasteiger partial charge in [-0.25, -0.2) is 0 Å². The lowest BCUT2D eigenvalue weighted by Crippen LogP contribution is -2.51. The molecule has 0 aromatic carbocycles. The lowest BCUT2D eigenvalue weighted by molar-refractivity contribution is -0.811. The molecule has 23 heavy (non-hydrogen) atoms. The Morgan fingerprint density at radius 2 is 1.91 bits per heavy atom. The molecule has 2 aliphatic rings. The van der Waals surface area contributed by atoms with Crippen molar-refractivity contribution in [1.29, 1.82) is 0 Å². The molecule has 11 nitrogen and oxygen atoms in total. The maximum atomic E-state index is 12.0. The monoisotopic (exact) mass is 321 g/mol. The van der Waals surface area contributed by atoms with Crippen LogP contribution in [0.5, 0.6) is 0 Å². The normalized spacial score (nSPS) is 25.7. The van der Waals surface area contributed by atoms with Gasteiger partial charge in [-0.1, -0.05) is 11.1 Å². The molecule has 0 unspecified atom stereocenters. The zero-order chi connectivity index (χ0) is 16.5. The van der Waals surface area contributed by atoms with E-state index in [0.29, 0.717) is 0 Å². The lowest BCUT2D eigenvalue weighted by atomic mass is 9.64. The number of nitrogens with zero attached hydrogens (tertiary/aromatic N) is 5. The second-order valence-electron chi connectivity index (χ2n) is 5.97. The van der Waals surface area contributed by atoms with Crippen LogP contribution in [0.4, 0.5) is 0 Å². The molecule has 2 aromatic rings. The topological polar surface area (TPSA) is 149 Å². The molecule has 0 bridgehead atoms. The van der Waals surface area contributed by atoms with E-state index in [2.05, 4.69) is 19.6 Å². The molecule has 11 heteroatoms. The minimum absolute atomic E-state index is 0.0265. The quantitative estimate of drug-likeness (QED) is 0.315. The zero-order valence-corrected chi connectivity index (χ0v) is 12.2. The number of fused-ring (bicyclic) bond motifs is 6. The fourth-order valence-electron chi connectivity index (χ4n) is 3.62. The van der Waals surface area contributed by atoms with Crippen LogP contribution in [0.15, 0.2) is 20.4 Å². The van der Waals surface area contributed by atoms with Crippen molar-refractivity contribution in [2.75, 3.05) is 0 Å². The molecular weight excluding hydrogens is 310 g/mol. The molecule has 0 saturated carbocycles. The summed E-state index contributed by atoms with van der Waals surface area (Å²) >= 11 is 0. The SMILES string of the molecule is CC1=C(C)C[C@@]2([N+](=O)[O-])c3no[n+]([O-])c3-c3no[n+]([O-])c3[C@H]2C1. The first-order valence-corrected chi connectivity index (χ1v) is 6.87. The van der Waals surface area contributed by atoms with Gasteiger partial charge in [-0.3, -0.25) is 19.4 Å². The summed E-state index contributed by atoms with van der Waals surface area (Å²) in [6.07, 6.45) is 0.301. The number of rotatable bonds is 1. The average molecular weight is 321 g/mol. The van der Waals surface area contributed by atoms with Gasteiger partial charge in [-0.15, -0.1) is 0 Å². The minimum Gasteiger partial charge on any atom is -0.359 e. The van der Waals surface area contributed by atoms with Gasteiger partial charge in [0, 0.05) is 16.5 Å². The molecule has 120 valence electrons. The van der Waals surface area contributed by atoms with E-state index in [0.717, 1.165) is 11.1 Å². The largest absolute Gasteiger partial charge is 0.359 e. The van der Waals surface area contributed by atoms with Crippen LogP contribution in [0.25, 0.3) is 11.4 Å². The van der Waals surface area contributed by atoms with Crippen LogP contribution in [0.1, 0.15) is 44.0 Å². The molecule has 2 aliphatic carbocycles. The lowest BCUT2D eigenvalue weighted by Gasteiger charge is -2.34. The third-order valence-corrected chi connectivity index (χ3v) is 4.90. The van der Waals surface area contributed by atoms with Crippen molar-refractivity contribution < 1.29 is 24.0 Å². The predicted octanol–water partition coefficient (Wildman–Crippen LogP) is 0.296. The van der Waals surface area contributed by atoms with Crippen molar-refractivity contribution in [1.82, 2.24) is 10.3 Å². The molecule has 2 aromatic heterocycles. The molecule has 0 N–H and O–H groups in total. The molecule has 0 amide bonds. The molecule has 2 atom stereocenters. The van der Waals surface area contributed by atoms with Crippen molar-refractivity contribution in [3.05, 3.63) is 43.1 Å². The van der Waals surface area contributed by atoms with Crippen molar-refractivity contribution in [2.45, 2.75) is 38.1 Å². The number of hydrogen-bond acceptors (Lipinski definition) is 8. The van der Waals surface area contributed by atoms with Crippen molar-refractivity contribution in [3.8, 4) is 11.4 Å². The van der Waals surface area contributed by atoms with Crippen molar-refractivity contribution in [3.63, 3.8) is 0 Å². The summed E-state index contributed by atoms with van der Waals surface area (Å²) < 4.78 is 9.15. The number of aromatic nitrogens is 4. The second kappa shape index (κ2) is 4.06. The van der Waals surface area contributed by atoms with Gasteiger partial charge in [0.1, 0.15) is 5.92 Å². The highest BCUT2D eigenvalue weighted by molar-refractivity contribution is 5.62. The highest BCUT2D eigenvalue weighted by Crippen LogP contribution is 2.55. The van der Waals surface area contributed by atoms with E-state index in [9.17, 15) is 20.5 Å². The van der Waals surface area contributed by atoms with E-state index in [1.807, 2.05) is 6.92 Å². The van der Waals surface area contributed by atoms with Gasteiger partial charge >= 0.3 is 11.2 Å². The van der Waals surface area contributed by atoms with Gasteiger partial charge in [-0.2, -0.15) is 0 Å². The maximum absolute atomic E-state index is 12.0. The van der Waals surface area contributed by atoms with Crippen LogP contribution in [0, 0.1) is 20.5 Å². The van der Waals surface area contributed by atoms with E-state index < -0.39 is 16.4 Å². The Balaban J connectivity index is 2.12. The fourth-order valence-corrected chi connectivity index (χ4v) is 3.62. The summed E-state index contributed by atoms with van der Waals surface area (Å²) in [4.78, 5) is 11.7. The predicted molar refractivity (Wildman–Crippen MR) is 68.9 cm³/mol. The summed E-state index contributed by atoms with van der Waals surface area (Å²) in [5.74, 6) is -0.836. The van der Waals surface area contributed by atoms with Crippen molar-refractivity contribution >= 4 is 0 Å². The van der Waals surface area contributed by atoms with Crippen LogP contribution in [-0.4, -0.2) is 15.2 Å². The molecular formula is C12H11N5O6. The number of allylic oxidation sites excluding steroid dienone is 1. The molecule has 0 radical (unpaired) electrons. The Morgan fingerprint density at radius 1 is 1.22 bits per heavy atom. The molecule has 0 spiro atoms. The first-order chi connectivity index (χ1) is 10.9. The van der Waals surface area contributed by atoms with Crippen LogP contribution in [0.2, 0.25) is 0 Å².